The van der Waals surface area contributed by atoms with Crippen molar-refractivity contribution in [1.82, 2.24) is 9.38 Å². The number of carbonyl (C=O) groups is 1. The molecule has 0 bridgehead atoms. The number of rotatable bonds is 4. The third kappa shape index (κ3) is 2.95. The molecular weight excluding hydrogens is 326 g/mol. The molecule has 0 aliphatic carbocycles. The van der Waals surface area contributed by atoms with E-state index in [1.807, 2.05) is 26.0 Å². The molecule has 1 amide bonds. The van der Waals surface area contributed by atoms with Gasteiger partial charge in [0.2, 0.25) is 0 Å². The molecule has 1 aromatic carbocycles. The van der Waals surface area contributed by atoms with Gasteiger partial charge in [-0.05, 0) is 38.0 Å². The number of hydrogen-bond acceptors (Lipinski definition) is 5. The minimum absolute atomic E-state index is 0.00725. The van der Waals surface area contributed by atoms with Gasteiger partial charge < -0.3 is 10.4 Å². The van der Waals surface area contributed by atoms with E-state index in [1.165, 1.54) is 21.9 Å². The zero-order valence-corrected chi connectivity index (χ0v) is 14.2. The summed E-state index contributed by atoms with van der Waals surface area (Å²) in [5, 5.41) is 11.6. The third-order valence-corrected chi connectivity index (χ3v) is 4.95. The Morgan fingerprint density at radius 3 is 2.67 bits per heavy atom. The zero-order valence-electron chi connectivity index (χ0n) is 13.4. The Morgan fingerprint density at radius 2 is 2.00 bits per heavy atom. The van der Waals surface area contributed by atoms with Crippen LogP contribution < -0.4 is 10.9 Å². The number of aromatic nitrogens is 2. The molecule has 0 aliphatic rings. The molecular formula is C17H17N3O3S. The fourth-order valence-corrected chi connectivity index (χ4v) is 3.34. The highest BCUT2D eigenvalue weighted by Gasteiger charge is 2.16. The number of thiazole rings is 1. The van der Waals surface area contributed by atoms with Crippen LogP contribution in [0.25, 0.3) is 4.96 Å². The molecule has 3 aromatic rings. The van der Waals surface area contributed by atoms with E-state index >= 15 is 0 Å². The number of nitrogens with zero attached hydrogens (tertiary/aromatic N) is 2. The molecule has 124 valence electrons. The Labute approximate surface area is 142 Å². The highest BCUT2D eigenvalue weighted by molar-refractivity contribution is 7.17. The van der Waals surface area contributed by atoms with Gasteiger partial charge in [0, 0.05) is 29.1 Å². The summed E-state index contributed by atoms with van der Waals surface area (Å²) in [6.07, 6.45) is 1.88. The van der Waals surface area contributed by atoms with E-state index in [4.69, 9.17) is 5.11 Å². The van der Waals surface area contributed by atoms with E-state index in [0.29, 0.717) is 17.1 Å². The highest BCUT2D eigenvalue weighted by Crippen LogP contribution is 2.18. The van der Waals surface area contributed by atoms with Crippen LogP contribution in [0.4, 0.5) is 5.69 Å². The van der Waals surface area contributed by atoms with Crippen LogP contribution >= 0.6 is 11.3 Å². The molecule has 0 fully saturated rings. The first-order valence-electron chi connectivity index (χ1n) is 7.50. The second-order valence-corrected chi connectivity index (χ2v) is 6.64. The standard InChI is InChI=1S/C17H17N3O3S/c1-10-11(2)24-17-18-9-14(16(23)20(10)17)15(22)19-13-5-3-12(4-6-13)7-8-21/h3-6,9,21H,7-8H2,1-2H3,(H,19,22). The van der Waals surface area contributed by atoms with Crippen LogP contribution in [0.15, 0.2) is 35.3 Å². The van der Waals surface area contributed by atoms with E-state index in [2.05, 4.69) is 10.3 Å². The van der Waals surface area contributed by atoms with Gasteiger partial charge in [-0.3, -0.25) is 14.0 Å². The summed E-state index contributed by atoms with van der Waals surface area (Å²) < 4.78 is 1.47. The first-order valence-corrected chi connectivity index (χ1v) is 8.32. The fraction of sp³-hybridized carbons (Fsp3) is 0.235. The van der Waals surface area contributed by atoms with Gasteiger partial charge in [0.25, 0.3) is 11.5 Å². The number of hydrogen-bond donors (Lipinski definition) is 2. The molecule has 0 spiro atoms. The minimum atomic E-state index is -0.486. The summed E-state index contributed by atoms with van der Waals surface area (Å²) in [7, 11) is 0. The maximum atomic E-state index is 12.6. The predicted octanol–water partition coefficient (Wildman–Crippen LogP) is 2.16. The Hall–Kier alpha value is -2.51. The first-order chi connectivity index (χ1) is 11.5. The second-order valence-electron chi connectivity index (χ2n) is 5.46. The van der Waals surface area contributed by atoms with Crippen molar-refractivity contribution >= 4 is 27.9 Å². The number of aliphatic hydroxyl groups is 1. The Morgan fingerprint density at radius 1 is 1.29 bits per heavy atom. The van der Waals surface area contributed by atoms with Crippen molar-refractivity contribution < 1.29 is 9.90 Å². The number of anilines is 1. The average Bonchev–Trinajstić information content (AvgIpc) is 2.85. The number of benzene rings is 1. The number of nitrogens with one attached hydrogen (secondary N) is 1. The maximum Gasteiger partial charge on any atom is 0.271 e. The Bertz CT molecular complexity index is 958. The number of aliphatic hydroxyl groups excluding tert-OH is 1. The lowest BCUT2D eigenvalue weighted by atomic mass is 10.1. The topological polar surface area (TPSA) is 83.7 Å². The second kappa shape index (κ2) is 6.54. The van der Waals surface area contributed by atoms with Crippen molar-refractivity contribution in [2.75, 3.05) is 11.9 Å². The molecule has 0 aliphatic heterocycles. The van der Waals surface area contributed by atoms with Crippen LogP contribution in [0.5, 0.6) is 0 Å². The van der Waals surface area contributed by atoms with Crippen molar-refractivity contribution in [3.63, 3.8) is 0 Å². The summed E-state index contributed by atoms with van der Waals surface area (Å²) in [5.74, 6) is -0.486. The molecule has 3 rings (SSSR count). The van der Waals surface area contributed by atoms with Gasteiger partial charge in [-0.15, -0.1) is 11.3 Å². The lowest BCUT2D eigenvalue weighted by Gasteiger charge is -2.06. The molecule has 0 radical (unpaired) electrons. The SMILES string of the molecule is Cc1sc2ncc(C(=O)Nc3ccc(CCO)cc3)c(=O)n2c1C. The number of amides is 1. The lowest BCUT2D eigenvalue weighted by Crippen LogP contribution is -2.26. The van der Waals surface area contributed by atoms with Crippen LogP contribution in [0.1, 0.15) is 26.5 Å². The molecule has 0 atom stereocenters. The summed E-state index contributed by atoms with van der Waals surface area (Å²) in [4.78, 5) is 30.8. The molecule has 0 unspecified atom stereocenters. The van der Waals surface area contributed by atoms with Gasteiger partial charge in [0.15, 0.2) is 4.96 Å². The van der Waals surface area contributed by atoms with Crippen LogP contribution in [0.3, 0.4) is 0 Å². The van der Waals surface area contributed by atoms with E-state index in [0.717, 1.165) is 16.1 Å². The van der Waals surface area contributed by atoms with Gasteiger partial charge in [-0.2, -0.15) is 0 Å². The quantitative estimate of drug-likeness (QED) is 0.760. The minimum Gasteiger partial charge on any atom is -0.396 e. The number of fused-ring (bicyclic) bond motifs is 1. The van der Waals surface area contributed by atoms with E-state index < -0.39 is 5.91 Å². The Kier molecular flexibility index (Phi) is 4.46. The van der Waals surface area contributed by atoms with Crippen molar-refractivity contribution in [2.24, 2.45) is 0 Å². The van der Waals surface area contributed by atoms with E-state index in [-0.39, 0.29) is 17.7 Å². The first kappa shape index (κ1) is 16.4. The molecule has 2 N–H and O–H groups in total. The molecule has 2 heterocycles. The van der Waals surface area contributed by atoms with Crippen LogP contribution in [0.2, 0.25) is 0 Å². The highest BCUT2D eigenvalue weighted by atomic mass is 32.1. The van der Waals surface area contributed by atoms with Gasteiger partial charge in [-0.25, -0.2) is 4.98 Å². The van der Waals surface area contributed by atoms with Crippen molar-refractivity contribution in [3.05, 3.63) is 62.5 Å². The molecule has 7 heteroatoms. The van der Waals surface area contributed by atoms with Crippen molar-refractivity contribution in [2.45, 2.75) is 20.3 Å². The molecule has 6 nitrogen and oxygen atoms in total. The van der Waals surface area contributed by atoms with Gasteiger partial charge in [-0.1, -0.05) is 12.1 Å². The largest absolute Gasteiger partial charge is 0.396 e. The lowest BCUT2D eigenvalue weighted by molar-refractivity contribution is 0.102. The van der Waals surface area contributed by atoms with Crippen molar-refractivity contribution in [1.29, 1.82) is 0 Å². The van der Waals surface area contributed by atoms with Crippen LogP contribution in [0, 0.1) is 13.8 Å². The van der Waals surface area contributed by atoms with E-state index in [1.54, 1.807) is 12.1 Å². The molecule has 2 aromatic heterocycles. The van der Waals surface area contributed by atoms with Crippen molar-refractivity contribution in [3.8, 4) is 0 Å². The van der Waals surface area contributed by atoms with Crippen LogP contribution in [-0.2, 0) is 6.42 Å². The third-order valence-electron chi connectivity index (χ3n) is 3.88. The maximum absolute atomic E-state index is 12.6. The summed E-state index contributed by atoms with van der Waals surface area (Å²) in [5.41, 5.74) is 2.01. The fourth-order valence-electron chi connectivity index (χ4n) is 2.41. The van der Waals surface area contributed by atoms with Crippen LogP contribution in [-0.4, -0.2) is 27.0 Å². The Balaban J connectivity index is 1.90. The van der Waals surface area contributed by atoms with E-state index in [9.17, 15) is 9.59 Å². The molecule has 0 saturated carbocycles. The summed E-state index contributed by atoms with van der Waals surface area (Å²) in [6.45, 7) is 3.83. The summed E-state index contributed by atoms with van der Waals surface area (Å²) >= 11 is 1.42. The predicted molar refractivity (Wildman–Crippen MR) is 94.0 cm³/mol. The normalized spacial score (nSPS) is 11.0. The summed E-state index contributed by atoms with van der Waals surface area (Å²) in [6, 6.07) is 7.14. The molecule has 24 heavy (non-hydrogen) atoms. The van der Waals surface area contributed by atoms with Gasteiger partial charge in [0.05, 0.1) is 0 Å². The van der Waals surface area contributed by atoms with Gasteiger partial charge >= 0.3 is 0 Å². The molecule has 0 saturated heterocycles. The smallest absolute Gasteiger partial charge is 0.271 e. The zero-order chi connectivity index (χ0) is 17.3. The number of carbonyl (C=O) groups excluding carboxylic acids is 1. The average molecular weight is 343 g/mol. The monoisotopic (exact) mass is 343 g/mol. The number of aryl methyl sites for hydroxylation is 2. The van der Waals surface area contributed by atoms with Gasteiger partial charge in [0.1, 0.15) is 5.56 Å².